The van der Waals surface area contributed by atoms with Gasteiger partial charge in [-0.05, 0) is 35.9 Å². The number of benzene rings is 1. The van der Waals surface area contributed by atoms with Gasteiger partial charge in [0.1, 0.15) is 11.2 Å². The van der Waals surface area contributed by atoms with E-state index in [-0.39, 0.29) is 0 Å². The number of furan rings is 1. The Kier molecular flexibility index (Phi) is 3.32. The fourth-order valence-corrected chi connectivity index (χ4v) is 4.76. The van der Waals surface area contributed by atoms with Crippen molar-refractivity contribution in [3.8, 4) is 11.3 Å². The Hall–Kier alpha value is -2.46. The zero-order chi connectivity index (χ0) is 16.9. The maximum Gasteiger partial charge on any atom is 0.144 e. The number of fused-ring (bicyclic) bond motifs is 3. The van der Waals surface area contributed by atoms with Crippen molar-refractivity contribution in [1.82, 2.24) is 9.97 Å². The Morgan fingerprint density at radius 3 is 2.50 bits per heavy atom. The largest absolute Gasteiger partial charge is 0.455 e. The third kappa shape index (κ3) is 2.34. The van der Waals surface area contributed by atoms with Crippen molar-refractivity contribution in [2.45, 2.75) is 26.6 Å². The highest BCUT2D eigenvalue weighted by Crippen LogP contribution is 2.34. The molecule has 0 aliphatic rings. The monoisotopic (exact) mass is 332 g/mol. The highest BCUT2D eigenvalue weighted by atomic mass is 28.3. The van der Waals surface area contributed by atoms with Gasteiger partial charge in [-0.3, -0.25) is 9.97 Å². The van der Waals surface area contributed by atoms with Crippen LogP contribution in [0, 0.1) is 6.92 Å². The maximum absolute atomic E-state index is 6.25. The van der Waals surface area contributed by atoms with Crippen LogP contribution in [0.5, 0.6) is 0 Å². The molecule has 0 amide bonds. The zero-order valence-corrected chi connectivity index (χ0v) is 15.4. The summed E-state index contributed by atoms with van der Waals surface area (Å²) in [5.74, 6) is 0. The van der Waals surface area contributed by atoms with Crippen LogP contribution in [0.1, 0.15) is 5.56 Å². The van der Waals surface area contributed by atoms with Gasteiger partial charge in [-0.25, -0.2) is 0 Å². The van der Waals surface area contributed by atoms with Gasteiger partial charge in [0.05, 0.1) is 13.8 Å². The smallest absolute Gasteiger partial charge is 0.144 e. The molecule has 4 aromatic rings. The summed E-state index contributed by atoms with van der Waals surface area (Å²) < 4.78 is 6.25. The van der Waals surface area contributed by atoms with Crippen molar-refractivity contribution in [2.75, 3.05) is 0 Å². The SMILES string of the molecule is Cc1ccc(-c2ccc([Si](C)(C)C)c3c2oc2ccncc23)nc1. The van der Waals surface area contributed by atoms with Gasteiger partial charge in [0.15, 0.2) is 0 Å². The molecule has 4 rings (SSSR count). The Bertz CT molecular complexity index is 1040. The van der Waals surface area contributed by atoms with Gasteiger partial charge < -0.3 is 4.42 Å². The van der Waals surface area contributed by atoms with Gasteiger partial charge in [0, 0.05) is 34.9 Å². The first-order valence-electron chi connectivity index (χ1n) is 8.18. The lowest BCUT2D eigenvalue weighted by molar-refractivity contribution is 0.669. The predicted molar refractivity (Wildman–Crippen MR) is 102 cm³/mol. The molecule has 3 nitrogen and oxygen atoms in total. The average molecular weight is 332 g/mol. The second-order valence-corrected chi connectivity index (χ2v) is 12.3. The quantitative estimate of drug-likeness (QED) is 0.490. The molecule has 0 aliphatic carbocycles. The molecule has 0 N–H and O–H groups in total. The van der Waals surface area contributed by atoms with Crippen molar-refractivity contribution in [3.63, 3.8) is 0 Å². The third-order valence-corrected chi connectivity index (χ3v) is 6.45. The van der Waals surface area contributed by atoms with Crippen molar-refractivity contribution in [3.05, 3.63) is 54.5 Å². The van der Waals surface area contributed by atoms with Crippen molar-refractivity contribution in [1.29, 1.82) is 0 Å². The van der Waals surface area contributed by atoms with Crippen LogP contribution in [-0.4, -0.2) is 18.0 Å². The molecular weight excluding hydrogens is 312 g/mol. The number of hydrogen-bond acceptors (Lipinski definition) is 3. The van der Waals surface area contributed by atoms with E-state index in [2.05, 4.69) is 53.9 Å². The van der Waals surface area contributed by atoms with Gasteiger partial charge >= 0.3 is 0 Å². The normalized spacial score (nSPS) is 12.2. The van der Waals surface area contributed by atoms with E-state index in [1.165, 1.54) is 10.6 Å². The minimum atomic E-state index is -1.52. The van der Waals surface area contributed by atoms with Crippen LogP contribution in [0.2, 0.25) is 19.6 Å². The fraction of sp³-hybridized carbons (Fsp3) is 0.200. The fourth-order valence-electron chi connectivity index (χ4n) is 3.18. The highest BCUT2D eigenvalue weighted by molar-refractivity contribution is 6.90. The second-order valence-electron chi connectivity index (χ2n) is 7.31. The molecule has 0 saturated heterocycles. The molecule has 1 aromatic carbocycles. The minimum absolute atomic E-state index is 0.888. The number of nitrogens with zero attached hydrogens (tertiary/aromatic N) is 2. The summed E-state index contributed by atoms with van der Waals surface area (Å²) in [5.41, 5.74) is 4.96. The predicted octanol–water partition coefficient (Wildman–Crippen LogP) is 4.90. The molecule has 0 radical (unpaired) electrons. The van der Waals surface area contributed by atoms with E-state index < -0.39 is 8.07 Å². The van der Waals surface area contributed by atoms with E-state index in [0.717, 1.165) is 33.4 Å². The lowest BCUT2D eigenvalue weighted by atomic mass is 10.1. The number of pyridine rings is 2. The molecule has 3 aromatic heterocycles. The molecule has 3 heterocycles. The first-order valence-corrected chi connectivity index (χ1v) is 11.7. The number of hydrogen-bond donors (Lipinski definition) is 0. The van der Waals surface area contributed by atoms with Gasteiger partial charge in [0.2, 0.25) is 0 Å². The van der Waals surface area contributed by atoms with Crippen LogP contribution in [0.4, 0.5) is 0 Å². The Morgan fingerprint density at radius 2 is 1.79 bits per heavy atom. The van der Waals surface area contributed by atoms with Crippen molar-refractivity contribution < 1.29 is 4.42 Å². The second kappa shape index (κ2) is 5.28. The Labute approximate surface area is 142 Å². The van der Waals surface area contributed by atoms with Gasteiger partial charge in [-0.1, -0.05) is 31.8 Å². The van der Waals surface area contributed by atoms with Crippen LogP contribution >= 0.6 is 0 Å². The molecule has 0 spiro atoms. The zero-order valence-electron chi connectivity index (χ0n) is 14.4. The third-order valence-electron chi connectivity index (χ3n) is 4.42. The van der Waals surface area contributed by atoms with E-state index in [9.17, 15) is 0 Å². The first kappa shape index (κ1) is 15.1. The maximum atomic E-state index is 6.25. The molecule has 0 unspecified atom stereocenters. The summed E-state index contributed by atoms with van der Waals surface area (Å²) in [4.78, 5) is 8.91. The topological polar surface area (TPSA) is 38.9 Å². The first-order chi connectivity index (χ1) is 11.4. The van der Waals surface area contributed by atoms with Crippen molar-refractivity contribution >= 4 is 35.2 Å². The summed E-state index contributed by atoms with van der Waals surface area (Å²) in [6.07, 6.45) is 5.59. The van der Waals surface area contributed by atoms with E-state index in [0.29, 0.717) is 0 Å². The summed E-state index contributed by atoms with van der Waals surface area (Å²) in [7, 11) is -1.52. The van der Waals surface area contributed by atoms with Gasteiger partial charge in [-0.2, -0.15) is 0 Å². The number of aryl methyl sites for hydroxylation is 1. The lowest BCUT2D eigenvalue weighted by Gasteiger charge is -2.18. The van der Waals surface area contributed by atoms with Gasteiger partial charge in [-0.15, -0.1) is 0 Å². The van der Waals surface area contributed by atoms with Crippen LogP contribution < -0.4 is 5.19 Å². The van der Waals surface area contributed by atoms with E-state index in [4.69, 9.17) is 4.42 Å². The standard InChI is InChI=1S/C20H20N2OSi/c1-13-5-7-16(22-11-13)14-6-8-18(24(2,3)4)19-15-12-21-10-9-17(15)23-20(14)19/h5-12H,1-4H3. The minimum Gasteiger partial charge on any atom is -0.455 e. The average Bonchev–Trinajstić information content (AvgIpc) is 2.93. The van der Waals surface area contributed by atoms with Gasteiger partial charge in [0.25, 0.3) is 0 Å². The summed E-state index contributed by atoms with van der Waals surface area (Å²) in [5, 5.41) is 3.70. The number of rotatable bonds is 2. The van der Waals surface area contributed by atoms with Crippen LogP contribution in [0.15, 0.2) is 53.3 Å². The molecule has 120 valence electrons. The molecule has 24 heavy (non-hydrogen) atoms. The molecule has 0 fully saturated rings. The molecule has 4 heteroatoms. The number of aromatic nitrogens is 2. The Balaban J connectivity index is 2.12. The Morgan fingerprint density at radius 1 is 0.958 bits per heavy atom. The van der Waals surface area contributed by atoms with Crippen LogP contribution in [0.3, 0.4) is 0 Å². The van der Waals surface area contributed by atoms with Crippen molar-refractivity contribution in [2.24, 2.45) is 0 Å². The molecule has 0 atom stereocenters. The molecular formula is C20H20N2OSi. The van der Waals surface area contributed by atoms with E-state index in [1.54, 1.807) is 6.20 Å². The van der Waals surface area contributed by atoms with E-state index in [1.807, 2.05) is 25.4 Å². The van der Waals surface area contributed by atoms with Crippen LogP contribution in [0.25, 0.3) is 33.2 Å². The summed E-state index contributed by atoms with van der Waals surface area (Å²) in [6.45, 7) is 9.13. The summed E-state index contributed by atoms with van der Waals surface area (Å²) >= 11 is 0. The molecule has 0 bridgehead atoms. The summed E-state index contributed by atoms with van der Waals surface area (Å²) in [6, 6.07) is 10.5. The van der Waals surface area contributed by atoms with E-state index >= 15 is 0 Å². The van der Waals surface area contributed by atoms with Crippen LogP contribution in [-0.2, 0) is 0 Å². The highest BCUT2D eigenvalue weighted by Gasteiger charge is 2.24. The molecule has 0 aliphatic heterocycles. The molecule has 0 saturated carbocycles. The lowest BCUT2D eigenvalue weighted by Crippen LogP contribution is -2.37.